The molecular weight excluding hydrogens is 334 g/mol. The Morgan fingerprint density at radius 2 is 2.27 bits per heavy atom. The maximum atomic E-state index is 12.2. The first-order chi connectivity index (χ1) is 12.6. The van der Waals surface area contributed by atoms with Gasteiger partial charge in [-0.15, -0.1) is 0 Å². The molecule has 0 aliphatic carbocycles. The number of hydrogen-bond acceptors (Lipinski definition) is 5. The van der Waals surface area contributed by atoms with Gasteiger partial charge in [0.15, 0.2) is 12.3 Å². The van der Waals surface area contributed by atoms with Crippen molar-refractivity contribution >= 4 is 34.4 Å². The zero-order chi connectivity index (χ0) is 18.1. The maximum absolute atomic E-state index is 12.2. The molecule has 8 heteroatoms. The van der Waals surface area contributed by atoms with Crippen LogP contribution in [0.4, 0.5) is 11.4 Å². The number of nitrogens with one attached hydrogen (secondary N) is 2. The van der Waals surface area contributed by atoms with E-state index in [-0.39, 0.29) is 24.8 Å². The minimum absolute atomic E-state index is 0.0293. The number of aromatic amines is 1. The lowest BCUT2D eigenvalue weighted by atomic mass is 10.2. The number of rotatable bonds is 4. The molecule has 1 aliphatic heterocycles. The standard InChI is InChI=1S/C18H17N5O3/c1-23-13-9-11(4-5-14(13)26-10-17(23)25)20-16(24)7-6-15-21-12-3-2-8-19-18(12)22-15/h2-5,8-9H,6-7,10H2,1H3,(H,20,24)(H,19,21,22). The number of hydrogen-bond donors (Lipinski definition) is 2. The maximum Gasteiger partial charge on any atom is 0.264 e. The van der Waals surface area contributed by atoms with Crippen LogP contribution < -0.4 is 15.0 Å². The number of ether oxygens (including phenoxy) is 1. The van der Waals surface area contributed by atoms with Gasteiger partial charge in [-0.1, -0.05) is 0 Å². The molecule has 0 unspecified atom stereocenters. The van der Waals surface area contributed by atoms with Crippen LogP contribution in [-0.4, -0.2) is 40.4 Å². The van der Waals surface area contributed by atoms with Crippen molar-refractivity contribution in [2.75, 3.05) is 23.9 Å². The molecule has 26 heavy (non-hydrogen) atoms. The van der Waals surface area contributed by atoms with Crippen molar-refractivity contribution in [2.24, 2.45) is 0 Å². The predicted octanol–water partition coefficient (Wildman–Crippen LogP) is 1.88. The van der Waals surface area contributed by atoms with Gasteiger partial charge in [-0.2, -0.15) is 0 Å². The van der Waals surface area contributed by atoms with E-state index in [0.29, 0.717) is 29.2 Å². The molecule has 0 bridgehead atoms. The van der Waals surface area contributed by atoms with Crippen LogP contribution in [0.25, 0.3) is 11.2 Å². The number of anilines is 2. The molecular formula is C18H17N5O3. The number of aryl methyl sites for hydroxylation is 1. The topological polar surface area (TPSA) is 100 Å². The second kappa shape index (κ2) is 6.47. The summed E-state index contributed by atoms with van der Waals surface area (Å²) in [4.78, 5) is 37.2. The normalized spacial score (nSPS) is 13.4. The molecule has 2 aromatic heterocycles. The Balaban J connectivity index is 1.41. The molecule has 0 saturated carbocycles. The third kappa shape index (κ3) is 3.08. The molecule has 4 rings (SSSR count). The second-order valence-corrected chi connectivity index (χ2v) is 6.03. The molecule has 0 spiro atoms. The Morgan fingerprint density at radius 1 is 1.38 bits per heavy atom. The third-order valence-electron chi connectivity index (χ3n) is 4.22. The fourth-order valence-corrected chi connectivity index (χ4v) is 2.82. The van der Waals surface area contributed by atoms with Crippen LogP contribution in [0.5, 0.6) is 5.75 Å². The zero-order valence-electron chi connectivity index (χ0n) is 14.2. The lowest BCUT2D eigenvalue weighted by molar-refractivity contribution is -0.121. The summed E-state index contributed by atoms with van der Waals surface area (Å²) in [7, 11) is 1.69. The van der Waals surface area contributed by atoms with E-state index in [0.717, 1.165) is 11.3 Å². The number of nitrogens with zero attached hydrogens (tertiary/aromatic N) is 3. The van der Waals surface area contributed by atoms with E-state index in [1.807, 2.05) is 12.1 Å². The Hall–Kier alpha value is -3.42. The van der Waals surface area contributed by atoms with Crippen molar-refractivity contribution in [1.29, 1.82) is 0 Å². The quantitative estimate of drug-likeness (QED) is 0.747. The van der Waals surface area contributed by atoms with E-state index in [9.17, 15) is 9.59 Å². The summed E-state index contributed by atoms with van der Waals surface area (Å²) >= 11 is 0. The van der Waals surface area contributed by atoms with E-state index in [1.165, 1.54) is 4.90 Å². The van der Waals surface area contributed by atoms with Gasteiger partial charge in [0.25, 0.3) is 5.91 Å². The lowest BCUT2D eigenvalue weighted by Crippen LogP contribution is -2.35. The molecule has 0 fully saturated rings. The van der Waals surface area contributed by atoms with Crippen molar-refractivity contribution in [3.8, 4) is 5.75 Å². The SMILES string of the molecule is CN1C(=O)COc2ccc(NC(=O)CCc3nc4ncccc4[nH]3)cc21. The van der Waals surface area contributed by atoms with Gasteiger partial charge in [-0.25, -0.2) is 9.97 Å². The Kier molecular flexibility index (Phi) is 4.00. The van der Waals surface area contributed by atoms with Gasteiger partial charge in [-0.3, -0.25) is 9.59 Å². The third-order valence-corrected chi connectivity index (χ3v) is 4.22. The number of imidazole rings is 1. The minimum atomic E-state index is -0.135. The van der Waals surface area contributed by atoms with Crippen LogP contribution in [0.2, 0.25) is 0 Å². The van der Waals surface area contributed by atoms with Crippen LogP contribution in [0.15, 0.2) is 36.5 Å². The number of carbonyl (C=O) groups excluding carboxylic acids is 2. The van der Waals surface area contributed by atoms with E-state index < -0.39 is 0 Å². The van der Waals surface area contributed by atoms with E-state index >= 15 is 0 Å². The first kappa shape index (κ1) is 16.1. The number of aromatic nitrogens is 3. The molecule has 3 aromatic rings. The smallest absolute Gasteiger partial charge is 0.264 e. The Labute approximate surface area is 149 Å². The summed E-state index contributed by atoms with van der Waals surface area (Å²) < 4.78 is 5.38. The average molecular weight is 351 g/mol. The summed E-state index contributed by atoms with van der Waals surface area (Å²) in [5.74, 6) is 1.08. The number of H-pyrrole nitrogens is 1. The zero-order valence-corrected chi connectivity index (χ0v) is 14.2. The van der Waals surface area contributed by atoms with Gasteiger partial charge in [-0.05, 0) is 30.3 Å². The molecule has 1 aromatic carbocycles. The highest BCUT2D eigenvalue weighted by atomic mass is 16.5. The highest BCUT2D eigenvalue weighted by Crippen LogP contribution is 2.33. The molecule has 1 aliphatic rings. The van der Waals surface area contributed by atoms with E-state index in [4.69, 9.17) is 4.74 Å². The number of fused-ring (bicyclic) bond motifs is 2. The van der Waals surface area contributed by atoms with Crippen molar-refractivity contribution in [2.45, 2.75) is 12.8 Å². The van der Waals surface area contributed by atoms with E-state index in [2.05, 4.69) is 20.3 Å². The molecule has 2 N–H and O–H groups in total. The number of carbonyl (C=O) groups is 2. The molecule has 2 amide bonds. The molecule has 3 heterocycles. The lowest BCUT2D eigenvalue weighted by Gasteiger charge is -2.26. The van der Waals surface area contributed by atoms with Gasteiger partial charge in [0.2, 0.25) is 5.91 Å². The Bertz CT molecular complexity index is 964. The molecule has 132 valence electrons. The minimum Gasteiger partial charge on any atom is -0.482 e. The molecule has 0 saturated heterocycles. The van der Waals surface area contributed by atoms with Crippen molar-refractivity contribution in [1.82, 2.24) is 15.0 Å². The fraction of sp³-hybridized carbons (Fsp3) is 0.222. The molecule has 0 atom stereocenters. The van der Waals surface area contributed by atoms with E-state index in [1.54, 1.807) is 31.4 Å². The number of benzene rings is 1. The number of pyridine rings is 1. The summed E-state index contributed by atoms with van der Waals surface area (Å²) in [5, 5.41) is 2.84. The molecule has 8 nitrogen and oxygen atoms in total. The van der Waals surface area contributed by atoms with Crippen LogP contribution in [0.3, 0.4) is 0 Å². The van der Waals surface area contributed by atoms with Gasteiger partial charge in [0.1, 0.15) is 11.6 Å². The van der Waals surface area contributed by atoms with Crippen LogP contribution in [0.1, 0.15) is 12.2 Å². The first-order valence-electron chi connectivity index (χ1n) is 8.23. The van der Waals surface area contributed by atoms with Crippen molar-refractivity contribution in [3.05, 3.63) is 42.4 Å². The monoisotopic (exact) mass is 351 g/mol. The number of amides is 2. The van der Waals surface area contributed by atoms with Gasteiger partial charge < -0.3 is 19.9 Å². The summed E-state index contributed by atoms with van der Waals surface area (Å²) in [5.41, 5.74) is 2.75. The summed E-state index contributed by atoms with van der Waals surface area (Å²) in [6, 6.07) is 8.96. The highest BCUT2D eigenvalue weighted by Gasteiger charge is 2.22. The largest absolute Gasteiger partial charge is 0.482 e. The van der Waals surface area contributed by atoms with Gasteiger partial charge in [0.05, 0.1) is 11.2 Å². The number of likely N-dealkylation sites (N-methyl/N-ethyl adjacent to an activating group) is 1. The first-order valence-corrected chi connectivity index (χ1v) is 8.23. The van der Waals surface area contributed by atoms with Gasteiger partial charge in [0, 0.05) is 31.8 Å². The second-order valence-electron chi connectivity index (χ2n) is 6.03. The van der Waals surface area contributed by atoms with Crippen LogP contribution in [0, 0.1) is 0 Å². The average Bonchev–Trinajstić information content (AvgIpc) is 3.06. The Morgan fingerprint density at radius 3 is 3.12 bits per heavy atom. The van der Waals surface area contributed by atoms with Crippen molar-refractivity contribution in [3.63, 3.8) is 0 Å². The fourth-order valence-electron chi connectivity index (χ4n) is 2.82. The predicted molar refractivity (Wildman–Crippen MR) is 96.2 cm³/mol. The van der Waals surface area contributed by atoms with Gasteiger partial charge >= 0.3 is 0 Å². The summed E-state index contributed by atoms with van der Waals surface area (Å²) in [6.45, 7) is 0.0293. The molecule has 0 radical (unpaired) electrons. The highest BCUT2D eigenvalue weighted by molar-refractivity contribution is 5.99. The van der Waals surface area contributed by atoms with Crippen LogP contribution >= 0.6 is 0 Å². The van der Waals surface area contributed by atoms with Crippen LogP contribution in [-0.2, 0) is 16.0 Å². The summed E-state index contributed by atoms with van der Waals surface area (Å²) in [6.07, 6.45) is 2.44. The van der Waals surface area contributed by atoms with Crippen molar-refractivity contribution < 1.29 is 14.3 Å².